The highest BCUT2D eigenvalue weighted by atomic mass is 32.2. The third-order valence-electron chi connectivity index (χ3n) is 4.21. The van der Waals surface area contributed by atoms with E-state index in [4.69, 9.17) is 0 Å². The zero-order chi connectivity index (χ0) is 14.1. The second-order valence-electron chi connectivity index (χ2n) is 5.58. The molecule has 2 saturated heterocycles. The number of hydrogen-bond donors (Lipinski definition) is 1. The van der Waals surface area contributed by atoms with Gasteiger partial charge in [0.1, 0.15) is 5.54 Å². The van der Waals surface area contributed by atoms with Crippen molar-refractivity contribution in [2.45, 2.75) is 51.0 Å². The fraction of sp³-hybridized carbons (Fsp3) is 0.917. The van der Waals surface area contributed by atoms with E-state index in [1.807, 2.05) is 0 Å². The summed E-state index contributed by atoms with van der Waals surface area (Å²) in [6, 6.07) is 0. The highest BCUT2D eigenvalue weighted by molar-refractivity contribution is 7.86. The third kappa shape index (κ3) is 2.64. The minimum Gasteiger partial charge on any atom is -0.480 e. The van der Waals surface area contributed by atoms with E-state index in [1.54, 1.807) is 0 Å². The van der Waals surface area contributed by atoms with Crippen LogP contribution >= 0.6 is 0 Å². The Kier molecular flexibility index (Phi) is 4.17. The summed E-state index contributed by atoms with van der Waals surface area (Å²) in [5.41, 5.74) is -1.30. The van der Waals surface area contributed by atoms with Gasteiger partial charge in [-0.25, -0.2) is 0 Å². The largest absolute Gasteiger partial charge is 0.480 e. The van der Waals surface area contributed by atoms with Crippen molar-refractivity contribution in [3.8, 4) is 0 Å². The van der Waals surface area contributed by atoms with Gasteiger partial charge in [-0.05, 0) is 39.0 Å². The molecule has 19 heavy (non-hydrogen) atoms. The van der Waals surface area contributed by atoms with Crippen molar-refractivity contribution in [1.82, 2.24) is 8.61 Å². The number of nitrogens with zero attached hydrogens (tertiary/aromatic N) is 2. The monoisotopic (exact) mass is 290 g/mol. The molecule has 1 atom stereocenters. The highest BCUT2D eigenvalue weighted by Gasteiger charge is 2.49. The maximum Gasteiger partial charge on any atom is 0.324 e. The Morgan fingerprint density at radius 3 is 2.21 bits per heavy atom. The van der Waals surface area contributed by atoms with Gasteiger partial charge in [0, 0.05) is 19.6 Å². The summed E-state index contributed by atoms with van der Waals surface area (Å²) in [6.07, 6.45) is 4.64. The Balaban J connectivity index is 2.28. The van der Waals surface area contributed by atoms with E-state index >= 15 is 0 Å². The van der Waals surface area contributed by atoms with E-state index in [-0.39, 0.29) is 0 Å². The van der Waals surface area contributed by atoms with Crippen LogP contribution in [0.4, 0.5) is 0 Å². The average molecular weight is 290 g/mol. The van der Waals surface area contributed by atoms with Crippen LogP contribution in [0.25, 0.3) is 0 Å². The lowest BCUT2D eigenvalue weighted by molar-refractivity contribution is -0.149. The van der Waals surface area contributed by atoms with Crippen LogP contribution in [0.1, 0.15) is 45.4 Å². The maximum atomic E-state index is 12.6. The molecule has 2 rings (SSSR count). The molecule has 0 aromatic carbocycles. The summed E-state index contributed by atoms with van der Waals surface area (Å²) in [4.78, 5) is 11.5. The molecule has 1 N–H and O–H groups in total. The minimum absolute atomic E-state index is 0.307. The zero-order valence-corrected chi connectivity index (χ0v) is 12.2. The number of carboxylic acid groups (broad SMARTS) is 1. The number of rotatable bonds is 3. The van der Waals surface area contributed by atoms with Gasteiger partial charge in [-0.15, -0.1) is 0 Å². The van der Waals surface area contributed by atoms with Crippen LogP contribution in [-0.2, 0) is 15.0 Å². The van der Waals surface area contributed by atoms with Crippen LogP contribution in [0.3, 0.4) is 0 Å². The lowest BCUT2D eigenvalue weighted by Crippen LogP contribution is -2.61. The summed E-state index contributed by atoms with van der Waals surface area (Å²) in [5, 5.41) is 9.40. The lowest BCUT2D eigenvalue weighted by Gasteiger charge is -2.43. The van der Waals surface area contributed by atoms with E-state index < -0.39 is 21.7 Å². The first-order valence-electron chi connectivity index (χ1n) is 6.90. The van der Waals surface area contributed by atoms with Gasteiger partial charge in [0.2, 0.25) is 0 Å². The first kappa shape index (κ1) is 14.7. The lowest BCUT2D eigenvalue weighted by atomic mass is 9.91. The molecule has 1 unspecified atom stereocenters. The molecule has 2 fully saturated rings. The van der Waals surface area contributed by atoms with Gasteiger partial charge >= 0.3 is 5.97 Å². The van der Waals surface area contributed by atoms with Crippen LogP contribution in [0, 0.1) is 0 Å². The normalized spacial score (nSPS) is 31.2. The van der Waals surface area contributed by atoms with Crippen molar-refractivity contribution < 1.29 is 18.3 Å². The molecule has 2 aliphatic heterocycles. The zero-order valence-electron chi connectivity index (χ0n) is 11.3. The first-order chi connectivity index (χ1) is 8.89. The van der Waals surface area contributed by atoms with Crippen LogP contribution < -0.4 is 0 Å². The Labute approximate surface area is 114 Å². The third-order valence-corrected chi connectivity index (χ3v) is 6.37. The molecular formula is C12H22N2O4S. The molecule has 110 valence electrons. The van der Waals surface area contributed by atoms with Crippen LogP contribution in [0.15, 0.2) is 0 Å². The number of carboxylic acids is 1. The summed E-state index contributed by atoms with van der Waals surface area (Å²) in [7, 11) is -3.65. The second-order valence-corrected chi connectivity index (χ2v) is 7.43. The van der Waals surface area contributed by atoms with Gasteiger partial charge in [-0.3, -0.25) is 4.79 Å². The van der Waals surface area contributed by atoms with Gasteiger partial charge < -0.3 is 5.11 Å². The van der Waals surface area contributed by atoms with Crippen molar-refractivity contribution in [2.24, 2.45) is 0 Å². The molecule has 6 nitrogen and oxygen atoms in total. The fourth-order valence-corrected chi connectivity index (χ4v) is 4.95. The Hall–Kier alpha value is -0.660. The van der Waals surface area contributed by atoms with E-state index in [1.165, 1.54) is 15.5 Å². The summed E-state index contributed by atoms with van der Waals surface area (Å²) < 4.78 is 28.0. The van der Waals surface area contributed by atoms with Gasteiger partial charge in [0.05, 0.1) is 0 Å². The molecule has 0 bridgehead atoms. The molecule has 0 radical (unpaired) electrons. The highest BCUT2D eigenvalue weighted by Crippen LogP contribution is 2.32. The number of piperidine rings is 2. The SMILES string of the molecule is CC1(C(=O)O)CCCCN1S(=O)(=O)N1CCCCC1. The molecule has 0 aromatic rings. The van der Waals surface area contributed by atoms with E-state index in [0.717, 1.165) is 32.1 Å². The van der Waals surface area contributed by atoms with Gasteiger partial charge in [-0.2, -0.15) is 17.0 Å². The Morgan fingerprint density at radius 2 is 1.63 bits per heavy atom. The van der Waals surface area contributed by atoms with Crippen LogP contribution in [0.2, 0.25) is 0 Å². The molecule has 2 aliphatic rings. The van der Waals surface area contributed by atoms with Crippen molar-refractivity contribution >= 4 is 16.2 Å². The minimum atomic E-state index is -3.65. The average Bonchev–Trinajstić information content (AvgIpc) is 2.40. The van der Waals surface area contributed by atoms with E-state index in [9.17, 15) is 18.3 Å². The molecule has 0 aliphatic carbocycles. The number of hydrogen-bond acceptors (Lipinski definition) is 3. The Morgan fingerprint density at radius 1 is 1.05 bits per heavy atom. The number of aliphatic carboxylic acids is 1. The molecule has 0 saturated carbocycles. The summed E-state index contributed by atoms with van der Waals surface area (Å²) >= 11 is 0. The Bertz CT molecular complexity index is 445. The molecule has 7 heteroatoms. The van der Waals surface area contributed by atoms with E-state index in [0.29, 0.717) is 26.1 Å². The molecular weight excluding hydrogens is 268 g/mol. The smallest absolute Gasteiger partial charge is 0.324 e. The topological polar surface area (TPSA) is 77.9 Å². The summed E-state index contributed by atoms with van der Waals surface area (Å²) in [5.74, 6) is -1.05. The number of carbonyl (C=O) groups is 1. The molecule has 0 aromatic heterocycles. The van der Waals surface area contributed by atoms with Crippen molar-refractivity contribution in [2.75, 3.05) is 19.6 Å². The predicted octanol–water partition coefficient (Wildman–Crippen LogP) is 1.05. The quantitative estimate of drug-likeness (QED) is 0.842. The second kappa shape index (κ2) is 5.38. The standard InChI is InChI=1S/C12H22N2O4S/c1-12(11(15)16)7-3-6-10-14(12)19(17,18)13-8-4-2-5-9-13/h2-10H2,1H3,(H,15,16). The molecule has 0 spiro atoms. The van der Waals surface area contributed by atoms with Crippen molar-refractivity contribution in [3.05, 3.63) is 0 Å². The van der Waals surface area contributed by atoms with Crippen molar-refractivity contribution in [1.29, 1.82) is 0 Å². The van der Waals surface area contributed by atoms with Gasteiger partial charge in [-0.1, -0.05) is 6.42 Å². The van der Waals surface area contributed by atoms with Gasteiger partial charge in [0.15, 0.2) is 0 Å². The van der Waals surface area contributed by atoms with E-state index in [2.05, 4.69) is 0 Å². The molecule has 2 heterocycles. The first-order valence-corrected chi connectivity index (χ1v) is 8.30. The predicted molar refractivity (Wildman–Crippen MR) is 70.9 cm³/mol. The fourth-order valence-electron chi connectivity index (χ4n) is 2.91. The molecule has 0 amide bonds. The van der Waals surface area contributed by atoms with Gasteiger partial charge in [0.25, 0.3) is 10.2 Å². The summed E-state index contributed by atoms with van der Waals surface area (Å²) in [6.45, 7) is 2.85. The van der Waals surface area contributed by atoms with Crippen molar-refractivity contribution in [3.63, 3.8) is 0 Å². The van der Waals surface area contributed by atoms with Crippen LogP contribution in [-0.4, -0.2) is 53.3 Å². The maximum absolute atomic E-state index is 12.6. The van der Waals surface area contributed by atoms with Crippen LogP contribution in [0.5, 0.6) is 0 Å².